The first kappa shape index (κ1) is 13.1. The van der Waals surface area contributed by atoms with E-state index < -0.39 is 0 Å². The van der Waals surface area contributed by atoms with E-state index in [9.17, 15) is 4.79 Å². The van der Waals surface area contributed by atoms with Crippen LogP contribution in [0.3, 0.4) is 0 Å². The molecule has 0 saturated carbocycles. The number of carbonyl (C=O) groups is 1. The van der Waals surface area contributed by atoms with Crippen molar-refractivity contribution in [2.75, 3.05) is 18.4 Å². The quantitative estimate of drug-likeness (QED) is 0.849. The van der Waals surface area contributed by atoms with Crippen molar-refractivity contribution >= 4 is 11.7 Å². The zero-order valence-electron chi connectivity index (χ0n) is 11.3. The average molecular weight is 282 g/mol. The lowest BCUT2D eigenvalue weighted by Gasteiger charge is -2.08. The first-order valence-electron chi connectivity index (χ1n) is 6.66. The second-order valence-corrected chi connectivity index (χ2v) is 4.89. The third-order valence-electron chi connectivity index (χ3n) is 3.50. The largest absolute Gasteiger partial charge is 0.310 e. The van der Waals surface area contributed by atoms with Crippen LogP contribution in [0, 0.1) is 17.4 Å². The van der Waals surface area contributed by atoms with E-state index in [0.717, 1.165) is 5.69 Å². The van der Waals surface area contributed by atoms with Crippen molar-refractivity contribution in [1.29, 1.82) is 5.26 Å². The van der Waals surface area contributed by atoms with Crippen molar-refractivity contribution in [3.63, 3.8) is 0 Å². The lowest BCUT2D eigenvalue weighted by Crippen LogP contribution is -2.25. The zero-order valence-corrected chi connectivity index (χ0v) is 11.3. The van der Waals surface area contributed by atoms with Crippen molar-refractivity contribution in [1.82, 2.24) is 19.4 Å². The van der Waals surface area contributed by atoms with Gasteiger partial charge in [-0.1, -0.05) is 0 Å². The first-order chi connectivity index (χ1) is 10.3. The first-order valence-corrected chi connectivity index (χ1v) is 6.66. The van der Waals surface area contributed by atoms with Crippen molar-refractivity contribution in [2.45, 2.75) is 6.42 Å². The van der Waals surface area contributed by atoms with Crippen LogP contribution in [0.25, 0.3) is 5.69 Å². The molecule has 0 aliphatic carbocycles. The van der Waals surface area contributed by atoms with Gasteiger partial charge >= 0.3 is 0 Å². The van der Waals surface area contributed by atoms with Crippen molar-refractivity contribution in [2.24, 2.45) is 5.92 Å². The number of carbonyl (C=O) groups excluding carboxylic acids is 1. The van der Waals surface area contributed by atoms with Gasteiger partial charge < -0.3 is 14.8 Å². The van der Waals surface area contributed by atoms with E-state index in [0.29, 0.717) is 25.3 Å². The molecule has 0 spiro atoms. The highest BCUT2D eigenvalue weighted by Crippen LogP contribution is 2.18. The summed E-state index contributed by atoms with van der Waals surface area (Å²) in [7, 11) is 0. The van der Waals surface area contributed by atoms with Crippen molar-refractivity contribution < 1.29 is 4.79 Å². The van der Waals surface area contributed by atoms with Gasteiger partial charge in [-0.05, 0) is 18.6 Å². The molecule has 106 valence electrons. The SMILES string of the molecule is N#CN1CCC(C(=O)Nc2cn(-c3ccncc3)cn2)C1. The Morgan fingerprint density at radius 1 is 1.43 bits per heavy atom. The number of amides is 1. The predicted molar refractivity (Wildman–Crippen MR) is 75.3 cm³/mol. The minimum atomic E-state index is -0.157. The summed E-state index contributed by atoms with van der Waals surface area (Å²) in [4.78, 5) is 21.8. The smallest absolute Gasteiger partial charge is 0.230 e. The molecular weight excluding hydrogens is 268 g/mol. The maximum absolute atomic E-state index is 12.1. The minimum absolute atomic E-state index is 0.0901. The van der Waals surface area contributed by atoms with Gasteiger partial charge in [-0.15, -0.1) is 0 Å². The molecule has 0 aromatic carbocycles. The number of nitrogens with zero attached hydrogens (tertiary/aromatic N) is 5. The second kappa shape index (κ2) is 5.63. The molecule has 1 aliphatic heterocycles. The van der Waals surface area contributed by atoms with Crippen LogP contribution in [-0.2, 0) is 4.79 Å². The number of hydrogen-bond donors (Lipinski definition) is 1. The lowest BCUT2D eigenvalue weighted by molar-refractivity contribution is -0.119. The van der Waals surface area contributed by atoms with E-state index >= 15 is 0 Å². The Morgan fingerprint density at radius 3 is 2.95 bits per heavy atom. The molecule has 0 bridgehead atoms. The Bertz CT molecular complexity index is 674. The van der Waals surface area contributed by atoms with Crippen molar-refractivity contribution in [3.8, 4) is 11.9 Å². The molecule has 3 heterocycles. The third kappa shape index (κ3) is 2.84. The topological polar surface area (TPSA) is 86.8 Å². The molecule has 7 nitrogen and oxygen atoms in total. The zero-order chi connectivity index (χ0) is 14.7. The molecule has 1 saturated heterocycles. The summed E-state index contributed by atoms with van der Waals surface area (Å²) in [6.45, 7) is 1.12. The van der Waals surface area contributed by atoms with Gasteiger partial charge in [0.2, 0.25) is 5.91 Å². The Hall–Kier alpha value is -2.88. The number of pyridine rings is 1. The number of imidazole rings is 1. The van der Waals surface area contributed by atoms with Crippen LogP contribution in [0.15, 0.2) is 37.1 Å². The Kier molecular flexibility index (Phi) is 3.51. The minimum Gasteiger partial charge on any atom is -0.310 e. The van der Waals surface area contributed by atoms with Crippen LogP contribution in [0.1, 0.15) is 6.42 Å². The van der Waals surface area contributed by atoms with E-state index in [4.69, 9.17) is 5.26 Å². The highest BCUT2D eigenvalue weighted by atomic mass is 16.2. The van der Waals surface area contributed by atoms with Crippen LogP contribution < -0.4 is 5.32 Å². The van der Waals surface area contributed by atoms with Gasteiger partial charge in [0.1, 0.15) is 6.33 Å². The summed E-state index contributed by atoms with van der Waals surface area (Å²) >= 11 is 0. The molecule has 1 unspecified atom stereocenters. The fourth-order valence-electron chi connectivity index (χ4n) is 2.34. The normalized spacial score (nSPS) is 17.5. The Morgan fingerprint density at radius 2 is 2.24 bits per heavy atom. The second-order valence-electron chi connectivity index (χ2n) is 4.89. The molecule has 0 radical (unpaired) electrons. The molecule has 7 heteroatoms. The molecule has 2 aromatic rings. The fraction of sp³-hybridized carbons (Fsp3) is 0.286. The Balaban J connectivity index is 1.65. The number of likely N-dealkylation sites (tertiary alicyclic amines) is 1. The summed E-state index contributed by atoms with van der Waals surface area (Å²) in [6, 6.07) is 3.71. The van der Waals surface area contributed by atoms with Crippen molar-refractivity contribution in [3.05, 3.63) is 37.1 Å². The van der Waals surface area contributed by atoms with Crippen LogP contribution in [-0.4, -0.2) is 38.4 Å². The number of nitrogens with one attached hydrogen (secondary N) is 1. The number of anilines is 1. The summed E-state index contributed by atoms with van der Waals surface area (Å²) in [5.41, 5.74) is 0.925. The molecule has 1 N–H and O–H groups in total. The van der Waals surface area contributed by atoms with Crippen LogP contribution in [0.2, 0.25) is 0 Å². The van der Waals surface area contributed by atoms with E-state index in [-0.39, 0.29) is 11.8 Å². The van der Waals surface area contributed by atoms with E-state index in [1.807, 2.05) is 16.7 Å². The van der Waals surface area contributed by atoms with Gasteiger partial charge in [0.15, 0.2) is 12.0 Å². The third-order valence-corrected chi connectivity index (χ3v) is 3.50. The highest BCUT2D eigenvalue weighted by molar-refractivity contribution is 5.92. The molecule has 1 amide bonds. The van der Waals surface area contributed by atoms with Gasteiger partial charge in [-0.2, -0.15) is 5.26 Å². The maximum Gasteiger partial charge on any atom is 0.230 e. The van der Waals surface area contributed by atoms with Gasteiger partial charge in [0, 0.05) is 31.2 Å². The van der Waals surface area contributed by atoms with Gasteiger partial charge in [-0.3, -0.25) is 9.78 Å². The molecule has 1 fully saturated rings. The average Bonchev–Trinajstić information content (AvgIpc) is 3.17. The lowest BCUT2D eigenvalue weighted by atomic mass is 10.1. The summed E-state index contributed by atoms with van der Waals surface area (Å²) in [6.07, 6.45) is 9.55. The van der Waals surface area contributed by atoms with Crippen LogP contribution in [0.4, 0.5) is 5.82 Å². The maximum atomic E-state index is 12.1. The summed E-state index contributed by atoms with van der Waals surface area (Å²) in [5.74, 6) is 0.260. The fourth-order valence-corrected chi connectivity index (χ4v) is 2.34. The summed E-state index contributed by atoms with van der Waals surface area (Å²) in [5, 5.41) is 11.6. The highest BCUT2D eigenvalue weighted by Gasteiger charge is 2.28. The number of nitriles is 1. The molecule has 1 atom stereocenters. The molecule has 21 heavy (non-hydrogen) atoms. The number of hydrogen-bond acceptors (Lipinski definition) is 5. The Labute approximate surface area is 121 Å². The predicted octanol–water partition coefficient (Wildman–Crippen LogP) is 1.01. The van der Waals surface area contributed by atoms with Crippen LogP contribution >= 0.6 is 0 Å². The monoisotopic (exact) mass is 282 g/mol. The van der Waals surface area contributed by atoms with E-state index in [1.54, 1.807) is 29.8 Å². The van der Waals surface area contributed by atoms with Gasteiger partial charge in [0.25, 0.3) is 0 Å². The number of rotatable bonds is 3. The number of aromatic nitrogens is 3. The van der Waals surface area contributed by atoms with Gasteiger partial charge in [-0.25, -0.2) is 4.98 Å². The van der Waals surface area contributed by atoms with Crippen LogP contribution in [0.5, 0.6) is 0 Å². The van der Waals surface area contributed by atoms with E-state index in [2.05, 4.69) is 21.5 Å². The molecular formula is C14H14N6O. The summed E-state index contributed by atoms with van der Waals surface area (Å²) < 4.78 is 1.81. The molecule has 1 aliphatic rings. The van der Waals surface area contributed by atoms with Gasteiger partial charge in [0.05, 0.1) is 12.1 Å². The van der Waals surface area contributed by atoms with E-state index in [1.165, 1.54) is 0 Å². The molecule has 3 rings (SSSR count). The standard InChI is InChI=1S/C14H14N6O/c15-9-19-6-3-11(7-19)14(21)18-13-8-20(10-17-13)12-1-4-16-5-2-12/h1-2,4-5,8,10-11H,3,6-7H2,(H,18,21). The molecule has 2 aromatic heterocycles.